The minimum atomic E-state index is -2.74. The van der Waals surface area contributed by atoms with E-state index in [1.54, 1.807) is 6.26 Å². The van der Waals surface area contributed by atoms with Crippen LogP contribution in [0.15, 0.2) is 22.8 Å². The third-order valence-electron chi connectivity index (χ3n) is 5.93. The van der Waals surface area contributed by atoms with Crippen molar-refractivity contribution in [3.63, 3.8) is 0 Å². The first-order valence-corrected chi connectivity index (χ1v) is 15.5. The first-order valence-electron chi connectivity index (χ1n) is 13.6. The summed E-state index contributed by atoms with van der Waals surface area (Å²) in [6.45, 7) is 8.98. The smallest absolute Gasteiger partial charge is 0.336 e. The number of rotatable bonds is 19. The predicted molar refractivity (Wildman–Crippen MR) is 165 cm³/mol. The van der Waals surface area contributed by atoms with Crippen molar-refractivity contribution in [2.45, 2.75) is 56.9 Å². The van der Waals surface area contributed by atoms with Gasteiger partial charge in [-0.15, -0.1) is 0 Å². The number of furan rings is 1. The Balaban J connectivity index is 0.00000108. The minimum Gasteiger partial charge on any atom is -0.616 e. The van der Waals surface area contributed by atoms with Gasteiger partial charge in [0.2, 0.25) is 0 Å². The highest BCUT2D eigenvalue weighted by Gasteiger charge is 2.40. The first-order chi connectivity index (χ1) is 19.5. The van der Waals surface area contributed by atoms with Crippen molar-refractivity contribution in [2.24, 2.45) is 0 Å². The van der Waals surface area contributed by atoms with Crippen molar-refractivity contribution in [1.29, 1.82) is 0 Å². The summed E-state index contributed by atoms with van der Waals surface area (Å²) in [4.78, 5) is 39.5. The van der Waals surface area contributed by atoms with Crippen LogP contribution in [0.5, 0.6) is 0 Å². The van der Waals surface area contributed by atoms with Crippen molar-refractivity contribution < 1.29 is 43.8 Å². The van der Waals surface area contributed by atoms with Crippen LogP contribution in [0, 0.1) is 0 Å². The number of carboxylic acids is 3. The van der Waals surface area contributed by atoms with Gasteiger partial charge in [0, 0.05) is 19.1 Å². The van der Waals surface area contributed by atoms with Gasteiger partial charge in [0.15, 0.2) is 22.2 Å². The fourth-order valence-corrected chi connectivity index (χ4v) is 5.27. The third-order valence-corrected chi connectivity index (χ3v) is 7.67. The summed E-state index contributed by atoms with van der Waals surface area (Å²) in [6.07, 6.45) is 1.49. The largest absolute Gasteiger partial charge is 0.616 e. The SMILES string of the molecule is CC(C)N(CC[S+]([O-])Cc1ccco1)C(=S)N(CCCN(C)C)CCCN(C)C.O=C(O)CC(O)(CC(=O)O)C(=O)O. The zero-order valence-electron chi connectivity index (χ0n) is 25.5. The molecular formula is C27H48N4O9S2. The monoisotopic (exact) mass is 636 g/mol. The van der Waals surface area contributed by atoms with Crippen LogP contribution in [0.1, 0.15) is 45.3 Å². The van der Waals surface area contributed by atoms with Crippen molar-refractivity contribution in [3.8, 4) is 0 Å². The van der Waals surface area contributed by atoms with Crippen LogP contribution in [0.3, 0.4) is 0 Å². The lowest BCUT2D eigenvalue weighted by Crippen LogP contribution is -2.49. The molecule has 42 heavy (non-hydrogen) atoms. The van der Waals surface area contributed by atoms with Crippen LogP contribution in [0.25, 0.3) is 0 Å². The van der Waals surface area contributed by atoms with Gasteiger partial charge in [-0.3, -0.25) is 9.59 Å². The van der Waals surface area contributed by atoms with Gasteiger partial charge in [-0.25, -0.2) is 4.79 Å². The van der Waals surface area contributed by atoms with Gasteiger partial charge in [-0.2, -0.15) is 0 Å². The Kier molecular flexibility index (Phi) is 19.3. The van der Waals surface area contributed by atoms with Crippen LogP contribution < -0.4 is 0 Å². The van der Waals surface area contributed by atoms with Crippen LogP contribution in [-0.4, -0.2) is 146 Å². The molecule has 0 aliphatic rings. The summed E-state index contributed by atoms with van der Waals surface area (Å²) in [5, 5.41) is 34.7. The molecule has 1 heterocycles. The molecule has 0 bridgehead atoms. The average Bonchev–Trinajstić information content (AvgIpc) is 3.34. The summed E-state index contributed by atoms with van der Waals surface area (Å²) in [5.41, 5.74) is -2.74. The Morgan fingerprint density at radius 2 is 1.45 bits per heavy atom. The predicted octanol–water partition coefficient (Wildman–Crippen LogP) is 1.48. The van der Waals surface area contributed by atoms with Crippen LogP contribution in [-0.2, 0) is 31.3 Å². The van der Waals surface area contributed by atoms with E-state index in [2.05, 4.69) is 61.6 Å². The molecule has 0 spiro atoms. The van der Waals surface area contributed by atoms with E-state index in [4.69, 9.17) is 37.1 Å². The van der Waals surface area contributed by atoms with E-state index in [1.165, 1.54) is 0 Å². The quantitative estimate of drug-likeness (QED) is 0.127. The third kappa shape index (κ3) is 17.5. The van der Waals surface area contributed by atoms with Gasteiger partial charge in [0.05, 0.1) is 25.6 Å². The zero-order valence-corrected chi connectivity index (χ0v) is 27.2. The van der Waals surface area contributed by atoms with Crippen molar-refractivity contribution >= 4 is 46.4 Å². The molecule has 0 amide bonds. The van der Waals surface area contributed by atoms with Crippen LogP contribution in [0.2, 0.25) is 0 Å². The Bertz CT molecular complexity index is 916. The standard InChI is InChI=1S/C21H40N4O2S2.C6H8O7/c1-19(2)25(15-17-29(26)18-20-10-7-16-27-20)21(28)24(13-8-11-22(3)4)14-9-12-23(5)6;7-3(8)1-6(13,5(11)12)2-4(9)10/h7,10,16,19H,8-9,11-15,17-18H2,1-6H3;13H,1-2H2,(H,7,8)(H,9,10)(H,11,12). The molecule has 0 fully saturated rings. The second-order valence-electron chi connectivity index (χ2n) is 10.7. The molecule has 0 saturated heterocycles. The molecule has 0 radical (unpaired) electrons. The number of nitrogens with zero attached hydrogens (tertiary/aromatic N) is 4. The maximum Gasteiger partial charge on any atom is 0.336 e. The molecule has 1 unspecified atom stereocenters. The molecule has 0 aromatic carbocycles. The van der Waals surface area contributed by atoms with Crippen molar-refractivity contribution in [1.82, 2.24) is 19.6 Å². The van der Waals surface area contributed by atoms with Gasteiger partial charge >= 0.3 is 17.9 Å². The number of carboxylic acid groups (broad SMARTS) is 3. The molecule has 242 valence electrons. The minimum absolute atomic E-state index is 0.272. The van der Waals surface area contributed by atoms with E-state index in [-0.39, 0.29) is 6.04 Å². The molecule has 0 saturated carbocycles. The fraction of sp³-hybridized carbons (Fsp3) is 0.704. The summed E-state index contributed by atoms with van der Waals surface area (Å²) in [5.74, 6) is -3.20. The maximum absolute atomic E-state index is 12.5. The maximum atomic E-state index is 12.5. The van der Waals surface area contributed by atoms with Crippen molar-refractivity contribution in [3.05, 3.63) is 24.2 Å². The van der Waals surface area contributed by atoms with E-state index in [9.17, 15) is 18.9 Å². The van der Waals surface area contributed by atoms with Gasteiger partial charge in [0.1, 0.15) is 5.75 Å². The molecular weight excluding hydrogens is 588 g/mol. The molecule has 13 nitrogen and oxygen atoms in total. The summed E-state index contributed by atoms with van der Waals surface area (Å²) < 4.78 is 17.8. The zero-order chi connectivity index (χ0) is 32.5. The number of hydrogen-bond acceptors (Lipinski definition) is 9. The van der Waals surface area contributed by atoms with Crippen LogP contribution in [0.4, 0.5) is 0 Å². The average molecular weight is 637 g/mol. The van der Waals surface area contributed by atoms with Crippen LogP contribution >= 0.6 is 12.2 Å². The normalized spacial score (nSPS) is 12.2. The summed E-state index contributed by atoms with van der Waals surface area (Å²) in [6, 6.07) is 3.98. The van der Waals surface area contributed by atoms with Gasteiger partial charge in [0.25, 0.3) is 0 Å². The highest BCUT2D eigenvalue weighted by molar-refractivity contribution is 7.90. The molecule has 0 aliphatic heterocycles. The number of thiocarbonyl (C=S) groups is 1. The molecule has 15 heteroatoms. The molecule has 1 rings (SSSR count). The Labute approximate surface area is 257 Å². The van der Waals surface area contributed by atoms with Gasteiger partial charge in [-0.05, 0) is 103 Å². The molecule has 1 atom stereocenters. The van der Waals surface area contributed by atoms with E-state index in [0.29, 0.717) is 18.1 Å². The van der Waals surface area contributed by atoms with Crippen molar-refractivity contribution in [2.75, 3.05) is 66.7 Å². The summed E-state index contributed by atoms with van der Waals surface area (Å²) in [7, 11) is 8.40. The van der Waals surface area contributed by atoms with E-state index in [1.807, 2.05) is 12.1 Å². The summed E-state index contributed by atoms with van der Waals surface area (Å²) >= 11 is 4.94. The molecule has 1 aromatic heterocycles. The first kappa shape index (κ1) is 39.6. The number of aliphatic carboxylic acids is 3. The number of carbonyl (C=O) groups is 3. The van der Waals surface area contributed by atoms with E-state index in [0.717, 1.165) is 49.9 Å². The van der Waals surface area contributed by atoms with Gasteiger partial charge < -0.3 is 49.0 Å². The fourth-order valence-electron chi connectivity index (χ4n) is 3.75. The second-order valence-corrected chi connectivity index (χ2v) is 12.7. The van der Waals surface area contributed by atoms with Gasteiger partial charge in [-0.1, -0.05) is 0 Å². The Morgan fingerprint density at radius 1 is 0.952 bits per heavy atom. The number of aliphatic hydroxyl groups is 1. The Morgan fingerprint density at radius 3 is 1.81 bits per heavy atom. The highest BCUT2D eigenvalue weighted by Crippen LogP contribution is 2.16. The lowest BCUT2D eigenvalue weighted by atomic mass is 9.96. The topological polar surface area (TPSA) is 181 Å². The lowest BCUT2D eigenvalue weighted by Gasteiger charge is -2.36. The molecule has 4 N–H and O–H groups in total. The van der Waals surface area contributed by atoms with E-state index >= 15 is 0 Å². The lowest BCUT2D eigenvalue weighted by molar-refractivity contribution is -0.170. The molecule has 1 aromatic rings. The number of hydrogen-bond donors (Lipinski definition) is 4. The highest BCUT2D eigenvalue weighted by atomic mass is 32.2. The molecule has 0 aliphatic carbocycles. The Hall–Kier alpha value is -2.43. The van der Waals surface area contributed by atoms with E-state index < -0.39 is 47.5 Å². The second kappa shape index (κ2) is 20.5.